The minimum Gasteiger partial charge on any atom is -0.497 e. The average molecular weight is 536 g/mol. The summed E-state index contributed by atoms with van der Waals surface area (Å²) in [7, 11) is 1.71. The van der Waals surface area contributed by atoms with E-state index in [9.17, 15) is 0 Å². The van der Waals surface area contributed by atoms with Gasteiger partial charge in [0.25, 0.3) is 0 Å². The second-order valence-electron chi connectivity index (χ2n) is 10.1. The SMILES string of the molecule is COc1ccc([C@@H](C)N(CC=C(c2ccccc2)c2ccccc2)CC=C(c2ccccc2)c2ccccc2)cc1. The average Bonchev–Trinajstić information content (AvgIpc) is 3.05. The first kappa shape index (κ1) is 27.9. The van der Waals surface area contributed by atoms with Gasteiger partial charge in [-0.15, -0.1) is 0 Å². The maximum absolute atomic E-state index is 5.43. The van der Waals surface area contributed by atoms with Crippen LogP contribution in [0.1, 0.15) is 40.8 Å². The van der Waals surface area contributed by atoms with Crippen molar-refractivity contribution in [3.63, 3.8) is 0 Å². The van der Waals surface area contributed by atoms with Gasteiger partial charge in [0.1, 0.15) is 5.75 Å². The van der Waals surface area contributed by atoms with E-state index in [4.69, 9.17) is 4.74 Å². The van der Waals surface area contributed by atoms with Gasteiger partial charge >= 0.3 is 0 Å². The van der Waals surface area contributed by atoms with Crippen molar-refractivity contribution >= 4 is 11.1 Å². The van der Waals surface area contributed by atoms with Crippen LogP contribution in [0.4, 0.5) is 0 Å². The summed E-state index contributed by atoms with van der Waals surface area (Å²) < 4.78 is 5.43. The molecule has 0 amide bonds. The second kappa shape index (κ2) is 14.1. The number of methoxy groups -OCH3 is 1. The Morgan fingerprint density at radius 1 is 0.537 bits per heavy atom. The van der Waals surface area contributed by atoms with Crippen LogP contribution in [0.25, 0.3) is 11.1 Å². The number of hydrogen-bond acceptors (Lipinski definition) is 2. The Balaban J connectivity index is 1.53. The minimum absolute atomic E-state index is 0.189. The molecular formula is C39H37NO. The molecule has 41 heavy (non-hydrogen) atoms. The summed E-state index contributed by atoms with van der Waals surface area (Å²) in [6.07, 6.45) is 4.76. The molecule has 0 unspecified atom stereocenters. The fourth-order valence-electron chi connectivity index (χ4n) is 5.18. The molecule has 5 aromatic carbocycles. The molecule has 0 N–H and O–H groups in total. The van der Waals surface area contributed by atoms with Crippen molar-refractivity contribution in [2.24, 2.45) is 0 Å². The van der Waals surface area contributed by atoms with Gasteiger partial charge in [-0.25, -0.2) is 0 Å². The van der Waals surface area contributed by atoms with Gasteiger partial charge in [-0.1, -0.05) is 146 Å². The zero-order valence-corrected chi connectivity index (χ0v) is 23.9. The van der Waals surface area contributed by atoms with E-state index < -0.39 is 0 Å². The lowest BCUT2D eigenvalue weighted by atomic mass is 9.96. The lowest BCUT2D eigenvalue weighted by Crippen LogP contribution is -2.28. The molecule has 0 spiro atoms. The lowest BCUT2D eigenvalue weighted by Gasteiger charge is -2.28. The summed E-state index contributed by atoms with van der Waals surface area (Å²) in [5.41, 5.74) is 8.64. The molecule has 5 rings (SSSR count). The fourth-order valence-corrected chi connectivity index (χ4v) is 5.18. The van der Waals surface area contributed by atoms with Crippen LogP contribution < -0.4 is 4.74 Å². The monoisotopic (exact) mass is 535 g/mol. The Labute approximate surface area is 244 Å². The van der Waals surface area contributed by atoms with Gasteiger partial charge in [0, 0.05) is 19.1 Å². The molecule has 0 saturated carbocycles. The van der Waals surface area contributed by atoms with Crippen LogP contribution in [0.2, 0.25) is 0 Å². The topological polar surface area (TPSA) is 12.5 Å². The van der Waals surface area contributed by atoms with Gasteiger partial charge in [-0.05, 0) is 58.0 Å². The van der Waals surface area contributed by atoms with Crippen LogP contribution in [0.3, 0.4) is 0 Å². The quantitative estimate of drug-likeness (QED) is 0.167. The maximum atomic E-state index is 5.43. The number of ether oxygens (including phenoxy) is 1. The van der Waals surface area contributed by atoms with Crippen LogP contribution >= 0.6 is 0 Å². The predicted octanol–water partition coefficient (Wildman–Crippen LogP) is 9.32. The molecule has 0 bridgehead atoms. The largest absolute Gasteiger partial charge is 0.497 e. The zero-order chi connectivity index (χ0) is 28.3. The van der Waals surface area contributed by atoms with Crippen LogP contribution in [-0.4, -0.2) is 25.1 Å². The van der Waals surface area contributed by atoms with Gasteiger partial charge in [0.15, 0.2) is 0 Å². The van der Waals surface area contributed by atoms with E-state index in [0.717, 1.165) is 18.8 Å². The molecule has 0 aliphatic carbocycles. The third kappa shape index (κ3) is 7.30. The molecule has 2 heteroatoms. The van der Waals surface area contributed by atoms with E-state index in [2.05, 4.69) is 170 Å². The minimum atomic E-state index is 0.189. The Bertz CT molecular complexity index is 1360. The van der Waals surface area contributed by atoms with Crippen molar-refractivity contribution in [2.45, 2.75) is 13.0 Å². The smallest absolute Gasteiger partial charge is 0.118 e. The van der Waals surface area contributed by atoms with E-state index in [1.807, 2.05) is 0 Å². The maximum Gasteiger partial charge on any atom is 0.118 e. The summed E-state index contributed by atoms with van der Waals surface area (Å²) in [4.78, 5) is 2.53. The summed E-state index contributed by atoms with van der Waals surface area (Å²) in [5.74, 6) is 0.873. The molecule has 1 atom stereocenters. The Morgan fingerprint density at radius 2 is 0.878 bits per heavy atom. The first-order valence-electron chi connectivity index (χ1n) is 14.2. The van der Waals surface area contributed by atoms with Gasteiger partial charge in [-0.2, -0.15) is 0 Å². The third-order valence-electron chi connectivity index (χ3n) is 7.54. The van der Waals surface area contributed by atoms with Crippen molar-refractivity contribution in [3.8, 4) is 5.75 Å². The van der Waals surface area contributed by atoms with Gasteiger partial charge < -0.3 is 4.74 Å². The van der Waals surface area contributed by atoms with Crippen LogP contribution in [0.5, 0.6) is 5.75 Å². The molecule has 0 saturated heterocycles. The zero-order valence-electron chi connectivity index (χ0n) is 23.9. The molecule has 0 aliphatic rings. The van der Waals surface area contributed by atoms with E-state index >= 15 is 0 Å². The molecule has 0 radical (unpaired) electrons. The molecule has 0 fully saturated rings. The fraction of sp³-hybridized carbons (Fsp3) is 0.128. The van der Waals surface area contributed by atoms with Gasteiger partial charge in [0.2, 0.25) is 0 Å². The summed E-state index contributed by atoms with van der Waals surface area (Å²) in [5, 5.41) is 0. The van der Waals surface area contributed by atoms with Crippen molar-refractivity contribution in [1.29, 1.82) is 0 Å². The van der Waals surface area contributed by atoms with E-state index in [1.165, 1.54) is 39.0 Å². The molecule has 0 aromatic heterocycles. The van der Waals surface area contributed by atoms with Crippen molar-refractivity contribution < 1.29 is 4.74 Å². The highest BCUT2D eigenvalue weighted by Crippen LogP contribution is 2.28. The highest BCUT2D eigenvalue weighted by Gasteiger charge is 2.16. The highest BCUT2D eigenvalue weighted by molar-refractivity contribution is 5.80. The molecule has 204 valence electrons. The van der Waals surface area contributed by atoms with Crippen molar-refractivity contribution in [2.75, 3.05) is 20.2 Å². The van der Waals surface area contributed by atoms with Crippen molar-refractivity contribution in [1.82, 2.24) is 4.90 Å². The number of rotatable bonds is 11. The summed E-state index contributed by atoms with van der Waals surface area (Å²) in [6.45, 7) is 3.87. The van der Waals surface area contributed by atoms with Crippen molar-refractivity contribution in [3.05, 3.63) is 186 Å². The normalized spacial score (nSPS) is 11.5. The van der Waals surface area contributed by atoms with E-state index in [1.54, 1.807) is 7.11 Å². The van der Waals surface area contributed by atoms with Crippen LogP contribution in [0, 0.1) is 0 Å². The standard InChI is InChI=1S/C39H37NO/c1-31(32-23-25-37(41-2)26-24-32)40(29-27-38(33-15-7-3-8-16-33)34-17-9-4-10-18-34)30-28-39(35-19-11-5-12-20-35)36-21-13-6-14-22-36/h3-28,31H,29-30H2,1-2H3/t31-/m1/s1. The number of benzene rings is 5. The van der Waals surface area contributed by atoms with Crippen LogP contribution in [0.15, 0.2) is 158 Å². The first-order valence-corrected chi connectivity index (χ1v) is 14.2. The highest BCUT2D eigenvalue weighted by atomic mass is 16.5. The van der Waals surface area contributed by atoms with Gasteiger partial charge in [0.05, 0.1) is 7.11 Å². The first-order chi connectivity index (χ1) is 20.2. The summed E-state index contributed by atoms with van der Waals surface area (Å²) >= 11 is 0. The molecular weight excluding hydrogens is 498 g/mol. The number of hydrogen-bond donors (Lipinski definition) is 0. The Hall–Kier alpha value is -4.66. The number of nitrogens with zero attached hydrogens (tertiary/aromatic N) is 1. The Morgan fingerprint density at radius 3 is 1.20 bits per heavy atom. The Kier molecular flexibility index (Phi) is 9.60. The molecule has 2 nitrogen and oxygen atoms in total. The van der Waals surface area contributed by atoms with Crippen LogP contribution in [-0.2, 0) is 0 Å². The summed E-state index contributed by atoms with van der Waals surface area (Å²) in [6, 6.07) is 51.4. The third-order valence-corrected chi connectivity index (χ3v) is 7.54. The second-order valence-corrected chi connectivity index (χ2v) is 10.1. The predicted molar refractivity (Wildman–Crippen MR) is 173 cm³/mol. The molecule has 0 aliphatic heterocycles. The lowest BCUT2D eigenvalue weighted by molar-refractivity contribution is 0.260. The molecule has 5 aromatic rings. The van der Waals surface area contributed by atoms with Gasteiger partial charge in [-0.3, -0.25) is 4.90 Å². The molecule has 0 heterocycles. The van der Waals surface area contributed by atoms with E-state index in [0.29, 0.717) is 0 Å². The van der Waals surface area contributed by atoms with E-state index in [-0.39, 0.29) is 6.04 Å².